The van der Waals surface area contributed by atoms with Gasteiger partial charge in [0.1, 0.15) is 22.6 Å². The molecule has 2 N–H and O–H groups in total. The molecule has 0 aliphatic rings. The molecule has 0 fully saturated rings. The number of carbonyl (C=O) groups excluding carboxylic acids is 1. The van der Waals surface area contributed by atoms with Crippen molar-refractivity contribution in [1.82, 2.24) is 5.32 Å². The lowest BCUT2D eigenvalue weighted by Crippen LogP contribution is -2.51. The molecule has 0 aliphatic carbocycles. The minimum absolute atomic E-state index is 0.179. The minimum Gasteiger partial charge on any atom is -0.496 e. The quantitative estimate of drug-likeness (QED) is 0.828. The Hall–Kier alpha value is -2.24. The first kappa shape index (κ1) is 15.8. The van der Waals surface area contributed by atoms with E-state index in [1.807, 2.05) is 0 Å². The van der Waals surface area contributed by atoms with E-state index in [9.17, 15) is 14.7 Å². The van der Waals surface area contributed by atoms with Crippen LogP contribution in [0.2, 0.25) is 0 Å². The van der Waals surface area contributed by atoms with E-state index in [4.69, 9.17) is 9.47 Å². The second kappa shape index (κ2) is 6.27. The largest absolute Gasteiger partial charge is 0.496 e. The van der Waals surface area contributed by atoms with Crippen LogP contribution >= 0.6 is 0 Å². The smallest absolute Gasteiger partial charge is 0.329 e. The van der Waals surface area contributed by atoms with Crippen molar-refractivity contribution in [1.29, 1.82) is 0 Å². The number of ether oxygens (including phenoxy) is 2. The molecule has 0 aromatic heterocycles. The maximum Gasteiger partial charge on any atom is 0.329 e. The van der Waals surface area contributed by atoms with Crippen molar-refractivity contribution in [2.45, 2.75) is 25.8 Å². The van der Waals surface area contributed by atoms with Crippen molar-refractivity contribution >= 4 is 11.9 Å². The van der Waals surface area contributed by atoms with Gasteiger partial charge in [0.05, 0.1) is 14.2 Å². The molecule has 1 amide bonds. The van der Waals surface area contributed by atoms with Crippen molar-refractivity contribution in [3.8, 4) is 11.5 Å². The first-order valence-corrected chi connectivity index (χ1v) is 6.16. The normalized spacial score (nSPS) is 13.2. The maximum atomic E-state index is 12.3. The van der Waals surface area contributed by atoms with Crippen molar-refractivity contribution in [3.63, 3.8) is 0 Å². The number of nitrogens with one attached hydrogen (secondary N) is 1. The molecule has 1 aromatic carbocycles. The molecule has 0 bridgehead atoms. The van der Waals surface area contributed by atoms with Crippen LogP contribution in [-0.2, 0) is 4.79 Å². The molecule has 110 valence electrons. The lowest BCUT2D eigenvalue weighted by Gasteiger charge is -2.25. The summed E-state index contributed by atoms with van der Waals surface area (Å²) in [6.07, 6.45) is 0.255. The molecule has 6 heteroatoms. The second-order valence-electron chi connectivity index (χ2n) is 4.48. The Morgan fingerprint density at radius 3 is 2.10 bits per heavy atom. The van der Waals surface area contributed by atoms with Gasteiger partial charge < -0.3 is 19.9 Å². The van der Waals surface area contributed by atoms with Gasteiger partial charge in [0.15, 0.2) is 0 Å². The maximum absolute atomic E-state index is 12.3. The van der Waals surface area contributed by atoms with Crippen molar-refractivity contribution < 1.29 is 24.2 Å². The number of benzene rings is 1. The molecule has 6 nitrogen and oxygen atoms in total. The van der Waals surface area contributed by atoms with Gasteiger partial charge in [0, 0.05) is 0 Å². The van der Waals surface area contributed by atoms with E-state index in [2.05, 4.69) is 5.32 Å². The first-order chi connectivity index (χ1) is 9.39. The SMILES string of the molecule is CCC(C)(NC(=O)c1c(OC)cccc1OC)C(=O)O. The molecule has 0 saturated heterocycles. The van der Waals surface area contributed by atoms with Gasteiger partial charge in [-0.3, -0.25) is 4.79 Å². The Labute approximate surface area is 117 Å². The molecule has 0 heterocycles. The fourth-order valence-corrected chi connectivity index (χ4v) is 1.68. The average Bonchev–Trinajstić information content (AvgIpc) is 2.45. The number of carboxylic acid groups (broad SMARTS) is 1. The van der Waals surface area contributed by atoms with Crippen molar-refractivity contribution in [2.75, 3.05) is 14.2 Å². The summed E-state index contributed by atoms with van der Waals surface area (Å²) < 4.78 is 10.3. The Morgan fingerprint density at radius 2 is 1.75 bits per heavy atom. The topological polar surface area (TPSA) is 84.9 Å². The highest BCUT2D eigenvalue weighted by Crippen LogP contribution is 2.28. The molecular weight excluding hydrogens is 262 g/mol. The van der Waals surface area contributed by atoms with Gasteiger partial charge in [-0.1, -0.05) is 13.0 Å². The van der Waals surface area contributed by atoms with Gasteiger partial charge in [-0.05, 0) is 25.5 Å². The van der Waals surface area contributed by atoms with Crippen LogP contribution in [0.1, 0.15) is 30.6 Å². The standard InChI is InChI=1S/C14H19NO5/c1-5-14(2,13(17)18)15-12(16)11-9(19-3)7-6-8-10(11)20-4/h6-8H,5H2,1-4H3,(H,15,16)(H,17,18). The number of hydrogen-bond acceptors (Lipinski definition) is 4. The van der Waals surface area contributed by atoms with Gasteiger partial charge in [0.25, 0.3) is 5.91 Å². The predicted octanol–water partition coefficient (Wildman–Crippen LogP) is 1.69. The van der Waals surface area contributed by atoms with Gasteiger partial charge in [-0.15, -0.1) is 0 Å². The van der Waals surface area contributed by atoms with Gasteiger partial charge in [0.2, 0.25) is 0 Å². The molecule has 0 spiro atoms. The van der Waals surface area contributed by atoms with Crippen LogP contribution in [0, 0.1) is 0 Å². The zero-order valence-electron chi connectivity index (χ0n) is 12.0. The van der Waals surface area contributed by atoms with E-state index in [1.165, 1.54) is 21.1 Å². The molecule has 1 aromatic rings. The summed E-state index contributed by atoms with van der Waals surface area (Å²) in [5.74, 6) is -0.996. The number of carboxylic acids is 1. The van der Waals surface area contributed by atoms with Gasteiger partial charge in [-0.2, -0.15) is 0 Å². The third-order valence-corrected chi connectivity index (χ3v) is 3.22. The number of aliphatic carboxylic acids is 1. The van der Waals surface area contributed by atoms with Gasteiger partial charge >= 0.3 is 5.97 Å². The van der Waals surface area contributed by atoms with Crippen LogP contribution < -0.4 is 14.8 Å². The third kappa shape index (κ3) is 3.01. The molecule has 1 rings (SSSR count). The number of rotatable bonds is 6. The fourth-order valence-electron chi connectivity index (χ4n) is 1.68. The predicted molar refractivity (Wildman–Crippen MR) is 73.3 cm³/mol. The second-order valence-corrected chi connectivity index (χ2v) is 4.48. The fraction of sp³-hybridized carbons (Fsp3) is 0.429. The Kier molecular flexibility index (Phi) is 4.96. The van der Waals surface area contributed by atoms with Crippen molar-refractivity contribution in [3.05, 3.63) is 23.8 Å². The van der Waals surface area contributed by atoms with Crippen LogP contribution in [0.3, 0.4) is 0 Å². The number of amides is 1. The number of carbonyl (C=O) groups is 2. The van der Waals surface area contributed by atoms with Crippen LogP contribution in [0.5, 0.6) is 11.5 Å². The Morgan fingerprint density at radius 1 is 1.25 bits per heavy atom. The first-order valence-electron chi connectivity index (χ1n) is 6.16. The molecule has 1 unspecified atom stereocenters. The van der Waals surface area contributed by atoms with Crippen LogP contribution in [0.25, 0.3) is 0 Å². The molecule has 1 atom stereocenters. The van der Waals surface area contributed by atoms with Crippen molar-refractivity contribution in [2.24, 2.45) is 0 Å². The van der Waals surface area contributed by atoms with Gasteiger partial charge in [-0.25, -0.2) is 4.79 Å². The van der Waals surface area contributed by atoms with E-state index in [0.717, 1.165) is 0 Å². The molecule has 0 radical (unpaired) electrons. The Balaban J connectivity index is 3.18. The van der Waals surface area contributed by atoms with Crippen LogP contribution in [0.15, 0.2) is 18.2 Å². The lowest BCUT2D eigenvalue weighted by atomic mass is 9.98. The van der Waals surface area contributed by atoms with E-state index in [1.54, 1.807) is 25.1 Å². The van der Waals surface area contributed by atoms with E-state index in [-0.39, 0.29) is 12.0 Å². The molecule has 20 heavy (non-hydrogen) atoms. The minimum atomic E-state index is -1.34. The highest BCUT2D eigenvalue weighted by atomic mass is 16.5. The summed E-state index contributed by atoms with van der Waals surface area (Å²) in [4.78, 5) is 23.6. The molecule has 0 saturated carbocycles. The zero-order valence-corrected chi connectivity index (χ0v) is 12.0. The average molecular weight is 281 g/mol. The molecule has 0 aliphatic heterocycles. The van der Waals surface area contributed by atoms with E-state index in [0.29, 0.717) is 11.5 Å². The summed E-state index contributed by atoms with van der Waals surface area (Å²) in [7, 11) is 2.86. The van der Waals surface area contributed by atoms with Crippen LogP contribution in [0.4, 0.5) is 0 Å². The summed E-state index contributed by atoms with van der Waals surface area (Å²) >= 11 is 0. The Bertz CT molecular complexity index is 492. The summed E-state index contributed by atoms with van der Waals surface area (Å²) in [5, 5.41) is 11.7. The highest BCUT2D eigenvalue weighted by Gasteiger charge is 2.34. The molecular formula is C14H19NO5. The van der Waals surface area contributed by atoms with Crippen LogP contribution in [-0.4, -0.2) is 36.7 Å². The summed E-state index contributed by atoms with van der Waals surface area (Å²) in [6, 6.07) is 4.91. The van der Waals surface area contributed by atoms with E-state index >= 15 is 0 Å². The van der Waals surface area contributed by atoms with E-state index < -0.39 is 17.4 Å². The number of hydrogen-bond donors (Lipinski definition) is 2. The zero-order chi connectivity index (χ0) is 15.3. The summed E-state index contributed by atoms with van der Waals surface area (Å²) in [5.41, 5.74) is -1.17. The number of methoxy groups -OCH3 is 2. The summed E-state index contributed by atoms with van der Waals surface area (Å²) in [6.45, 7) is 3.14. The third-order valence-electron chi connectivity index (χ3n) is 3.22. The highest BCUT2D eigenvalue weighted by molar-refractivity contribution is 6.02. The lowest BCUT2D eigenvalue weighted by molar-refractivity contribution is -0.143. The monoisotopic (exact) mass is 281 g/mol.